The first kappa shape index (κ1) is 24.8. The minimum Gasteiger partial charge on any atom is -0.489 e. The second kappa shape index (κ2) is 10.7. The van der Waals surface area contributed by atoms with Crippen LogP contribution in [-0.4, -0.2) is 35.9 Å². The van der Waals surface area contributed by atoms with E-state index in [4.69, 9.17) is 9.47 Å². The van der Waals surface area contributed by atoms with Crippen LogP contribution in [0.5, 0.6) is 11.5 Å². The number of rotatable bonds is 9. The van der Waals surface area contributed by atoms with Gasteiger partial charge in [-0.05, 0) is 73.3 Å². The van der Waals surface area contributed by atoms with Crippen molar-refractivity contribution in [2.75, 3.05) is 13.1 Å². The van der Waals surface area contributed by atoms with Crippen molar-refractivity contribution in [3.8, 4) is 11.5 Å². The first-order valence-corrected chi connectivity index (χ1v) is 12.9. The van der Waals surface area contributed by atoms with Crippen molar-refractivity contribution in [3.63, 3.8) is 0 Å². The van der Waals surface area contributed by atoms with Gasteiger partial charge >= 0.3 is 5.97 Å². The van der Waals surface area contributed by atoms with Gasteiger partial charge in [-0.1, -0.05) is 72.8 Å². The van der Waals surface area contributed by atoms with Crippen LogP contribution in [0, 0.1) is 0 Å². The molecule has 0 fully saturated rings. The van der Waals surface area contributed by atoms with E-state index in [1.807, 2.05) is 36.4 Å². The maximum atomic E-state index is 11.6. The molecular weight excluding hydrogens is 462 g/mol. The van der Waals surface area contributed by atoms with Gasteiger partial charge in [0.25, 0.3) is 0 Å². The molecule has 0 spiro atoms. The topological polar surface area (TPSA) is 67.8 Å². The molecule has 5 nitrogen and oxygen atoms in total. The Morgan fingerprint density at radius 2 is 1.76 bits per heavy atom. The minimum atomic E-state index is -1.30. The van der Waals surface area contributed by atoms with Gasteiger partial charge < -0.3 is 19.9 Å². The van der Waals surface area contributed by atoms with Crippen molar-refractivity contribution < 1.29 is 19.4 Å². The zero-order chi connectivity index (χ0) is 25.8. The van der Waals surface area contributed by atoms with Crippen molar-refractivity contribution in [2.24, 2.45) is 0 Å². The number of fused-ring (bicyclic) bond motifs is 2. The molecule has 190 valence electrons. The first-order valence-electron chi connectivity index (χ1n) is 12.9. The van der Waals surface area contributed by atoms with Crippen LogP contribution in [0.1, 0.15) is 42.9 Å². The summed E-state index contributed by atoms with van der Waals surface area (Å²) in [5.74, 6) is 0.589. The fourth-order valence-electron chi connectivity index (χ4n) is 5.06. The lowest BCUT2D eigenvalue weighted by Crippen LogP contribution is -2.38. The van der Waals surface area contributed by atoms with Gasteiger partial charge in [0.15, 0.2) is 5.60 Å². The number of nitrogens with one attached hydrogen (secondary N) is 1. The predicted molar refractivity (Wildman–Crippen MR) is 147 cm³/mol. The smallest absolute Gasteiger partial charge is 0.347 e. The highest BCUT2D eigenvalue weighted by atomic mass is 16.5. The first-order chi connectivity index (χ1) is 17.9. The number of hydrogen-bond acceptors (Lipinski definition) is 4. The van der Waals surface area contributed by atoms with Crippen LogP contribution in [0.3, 0.4) is 0 Å². The highest BCUT2D eigenvalue weighted by molar-refractivity contribution is 5.85. The monoisotopic (exact) mass is 495 g/mol. The summed E-state index contributed by atoms with van der Waals surface area (Å²) in [5, 5.41) is 15.7. The van der Waals surface area contributed by atoms with Gasteiger partial charge in [-0.2, -0.15) is 0 Å². The number of ether oxygens (including phenoxy) is 2. The summed E-state index contributed by atoms with van der Waals surface area (Å²) in [5.41, 5.74) is 2.28. The zero-order valence-electron chi connectivity index (χ0n) is 21.3. The standard InChI is InChI=1S/C32H33NO4/c1-32(2,31(34)35)37-25-13-8-12-24(19-25)29-20-26(36-30-16-6-5-15-28(29)30)21-33-18-17-23-11-7-10-22-9-3-4-14-27(22)23/h3-16,19,26,29,33H,17-18,20-21H2,1-2H3,(H,34,35)/t26-,29+/m1/s1. The van der Waals surface area contributed by atoms with Crippen LogP contribution >= 0.6 is 0 Å². The van der Waals surface area contributed by atoms with Crippen LogP contribution in [0.2, 0.25) is 0 Å². The van der Waals surface area contributed by atoms with Gasteiger partial charge in [-0.15, -0.1) is 0 Å². The van der Waals surface area contributed by atoms with E-state index in [0.29, 0.717) is 5.75 Å². The molecule has 5 heteroatoms. The molecule has 1 aliphatic rings. The molecule has 1 heterocycles. The Balaban J connectivity index is 1.28. The summed E-state index contributed by atoms with van der Waals surface area (Å²) in [6.07, 6.45) is 1.80. The van der Waals surface area contributed by atoms with Gasteiger partial charge in [0, 0.05) is 18.0 Å². The Hall–Kier alpha value is -3.83. The van der Waals surface area contributed by atoms with Gasteiger partial charge in [-0.25, -0.2) is 4.79 Å². The summed E-state index contributed by atoms with van der Waals surface area (Å²) in [7, 11) is 0. The summed E-state index contributed by atoms with van der Waals surface area (Å²) < 4.78 is 12.2. The van der Waals surface area contributed by atoms with E-state index in [1.54, 1.807) is 13.8 Å². The van der Waals surface area contributed by atoms with Gasteiger partial charge in [-0.3, -0.25) is 0 Å². The van der Waals surface area contributed by atoms with Gasteiger partial charge in [0.1, 0.15) is 17.6 Å². The third-order valence-corrected chi connectivity index (χ3v) is 7.06. The minimum absolute atomic E-state index is 0.0208. The molecule has 4 aromatic carbocycles. The lowest BCUT2D eigenvalue weighted by molar-refractivity contribution is -0.152. The number of benzene rings is 4. The van der Waals surface area contributed by atoms with E-state index < -0.39 is 11.6 Å². The second-order valence-corrected chi connectivity index (χ2v) is 10.1. The van der Waals surface area contributed by atoms with Crippen LogP contribution < -0.4 is 14.8 Å². The maximum Gasteiger partial charge on any atom is 0.347 e. The Morgan fingerprint density at radius 1 is 1.00 bits per heavy atom. The average Bonchev–Trinajstić information content (AvgIpc) is 2.90. The highest BCUT2D eigenvalue weighted by Crippen LogP contribution is 2.41. The molecule has 0 aromatic heterocycles. The lowest BCUT2D eigenvalue weighted by Gasteiger charge is -2.33. The Morgan fingerprint density at radius 3 is 2.62 bits per heavy atom. The summed E-state index contributed by atoms with van der Waals surface area (Å²) in [6.45, 7) is 4.74. The Kier molecular flexibility index (Phi) is 7.15. The molecule has 0 unspecified atom stereocenters. The fourth-order valence-corrected chi connectivity index (χ4v) is 5.06. The van der Waals surface area contributed by atoms with E-state index in [1.165, 1.54) is 16.3 Å². The van der Waals surface area contributed by atoms with Crippen molar-refractivity contribution in [1.29, 1.82) is 0 Å². The number of para-hydroxylation sites is 1. The SMILES string of the molecule is CC(C)(Oc1cccc([C@@H]2C[C@H](CNCCc3cccc4ccccc34)Oc3ccccc32)c1)C(=O)O. The van der Waals surface area contributed by atoms with Crippen molar-refractivity contribution in [2.45, 2.75) is 44.3 Å². The Labute approximate surface area is 218 Å². The molecule has 4 aromatic rings. The number of carbonyl (C=O) groups is 1. The van der Waals surface area contributed by atoms with Crippen molar-refractivity contribution in [1.82, 2.24) is 5.32 Å². The molecule has 0 amide bonds. The largest absolute Gasteiger partial charge is 0.489 e. The normalized spacial score (nSPS) is 17.1. The number of aliphatic carboxylic acids is 1. The third-order valence-electron chi connectivity index (χ3n) is 7.06. The molecule has 0 aliphatic carbocycles. The molecule has 0 radical (unpaired) electrons. The van der Waals surface area contributed by atoms with Crippen LogP contribution in [0.15, 0.2) is 91.0 Å². The summed E-state index contributed by atoms with van der Waals surface area (Å²) in [6, 6.07) is 30.9. The highest BCUT2D eigenvalue weighted by Gasteiger charge is 2.31. The van der Waals surface area contributed by atoms with E-state index in [0.717, 1.165) is 42.8 Å². The zero-order valence-corrected chi connectivity index (χ0v) is 21.3. The maximum absolute atomic E-state index is 11.6. The summed E-state index contributed by atoms with van der Waals surface area (Å²) in [4.78, 5) is 11.6. The lowest BCUT2D eigenvalue weighted by atomic mass is 9.84. The molecule has 2 atom stereocenters. The quantitative estimate of drug-likeness (QED) is 0.271. The second-order valence-electron chi connectivity index (χ2n) is 10.1. The van der Waals surface area contributed by atoms with E-state index >= 15 is 0 Å². The predicted octanol–water partition coefficient (Wildman–Crippen LogP) is 6.20. The molecule has 0 saturated heterocycles. The molecule has 5 rings (SSSR count). The number of hydrogen-bond donors (Lipinski definition) is 2. The van der Waals surface area contributed by atoms with Crippen molar-refractivity contribution >= 4 is 16.7 Å². The van der Waals surface area contributed by atoms with E-state index in [9.17, 15) is 9.90 Å². The van der Waals surface area contributed by atoms with Crippen molar-refractivity contribution in [3.05, 3.63) is 108 Å². The van der Waals surface area contributed by atoms with Gasteiger partial charge in [0.05, 0.1) is 0 Å². The van der Waals surface area contributed by atoms with Crippen LogP contribution in [0.25, 0.3) is 10.8 Å². The van der Waals surface area contributed by atoms with E-state index in [2.05, 4.69) is 59.9 Å². The van der Waals surface area contributed by atoms with Crippen LogP contribution in [-0.2, 0) is 11.2 Å². The van der Waals surface area contributed by atoms with Gasteiger partial charge in [0.2, 0.25) is 0 Å². The molecular formula is C32H33NO4. The number of carboxylic acids is 1. The molecule has 0 bridgehead atoms. The molecule has 0 saturated carbocycles. The number of carboxylic acid groups (broad SMARTS) is 1. The Bertz CT molecular complexity index is 1390. The molecule has 1 aliphatic heterocycles. The van der Waals surface area contributed by atoms with E-state index in [-0.39, 0.29) is 12.0 Å². The molecule has 2 N–H and O–H groups in total. The summed E-state index contributed by atoms with van der Waals surface area (Å²) >= 11 is 0. The average molecular weight is 496 g/mol. The third kappa shape index (κ3) is 5.62. The van der Waals surface area contributed by atoms with Crippen LogP contribution in [0.4, 0.5) is 0 Å². The fraction of sp³-hybridized carbons (Fsp3) is 0.281. The molecule has 37 heavy (non-hydrogen) atoms.